The molecule has 2 heterocycles. The molecule has 1 unspecified atom stereocenters. The summed E-state index contributed by atoms with van der Waals surface area (Å²) in [6.07, 6.45) is 0. The zero-order chi connectivity index (χ0) is 24.2. The number of amidine groups is 1. The first kappa shape index (κ1) is 24.6. The van der Waals surface area contributed by atoms with Crippen molar-refractivity contribution in [3.8, 4) is 11.5 Å². The van der Waals surface area contributed by atoms with E-state index in [2.05, 4.69) is 15.5 Å². The summed E-state index contributed by atoms with van der Waals surface area (Å²) in [5, 5.41) is 13.5. The molecule has 1 aromatic heterocycles. The van der Waals surface area contributed by atoms with Crippen LogP contribution in [0.4, 0.5) is 0 Å². The van der Waals surface area contributed by atoms with Gasteiger partial charge in [0.15, 0.2) is 5.17 Å². The maximum Gasteiger partial charge on any atom is 0.338 e. The minimum absolute atomic E-state index is 0.245. The second-order valence-corrected chi connectivity index (χ2v) is 9.43. The van der Waals surface area contributed by atoms with Gasteiger partial charge in [0.25, 0.3) is 0 Å². The minimum Gasteiger partial charge on any atom is -0.463 e. The number of esters is 1. The summed E-state index contributed by atoms with van der Waals surface area (Å²) < 4.78 is 11.0. The van der Waals surface area contributed by atoms with Gasteiger partial charge in [0, 0.05) is 31.9 Å². The van der Waals surface area contributed by atoms with Crippen molar-refractivity contribution >= 4 is 57.7 Å². The highest BCUT2D eigenvalue weighted by Gasteiger charge is 2.32. The first-order chi connectivity index (χ1) is 16.4. The van der Waals surface area contributed by atoms with Crippen molar-refractivity contribution in [2.24, 2.45) is 4.99 Å². The number of hydrogen-bond donors (Lipinski definition) is 1. The fourth-order valence-electron chi connectivity index (χ4n) is 3.29. The average Bonchev–Trinajstić information content (AvgIpc) is 3.27. The Balaban J connectivity index is 1.56. The quantitative estimate of drug-likeness (QED) is 0.361. The number of ether oxygens (including phenoxy) is 1. The summed E-state index contributed by atoms with van der Waals surface area (Å²) in [6, 6.07) is 11.6. The van der Waals surface area contributed by atoms with Gasteiger partial charge in [-0.2, -0.15) is 0 Å². The summed E-state index contributed by atoms with van der Waals surface area (Å²) in [7, 11) is 0. The maximum absolute atomic E-state index is 12.7. The van der Waals surface area contributed by atoms with E-state index in [0.717, 1.165) is 5.56 Å². The number of nitrogens with zero attached hydrogens (tertiary/aromatic N) is 3. The summed E-state index contributed by atoms with van der Waals surface area (Å²) in [4.78, 5) is 17.5. The van der Waals surface area contributed by atoms with Gasteiger partial charge in [0.05, 0.1) is 17.9 Å². The predicted octanol–water partition coefficient (Wildman–Crippen LogP) is 6.47. The van der Waals surface area contributed by atoms with Gasteiger partial charge in [-0.25, -0.2) is 9.79 Å². The van der Waals surface area contributed by atoms with Crippen LogP contribution in [-0.2, 0) is 15.3 Å². The van der Waals surface area contributed by atoms with Crippen LogP contribution in [0.25, 0.3) is 11.5 Å². The van der Waals surface area contributed by atoms with Gasteiger partial charge in [0.2, 0.25) is 11.8 Å². The summed E-state index contributed by atoms with van der Waals surface area (Å²) in [6.45, 7) is 3.79. The molecule has 1 atom stereocenters. The number of halogens is 3. The lowest BCUT2D eigenvalue weighted by atomic mass is 9.96. The van der Waals surface area contributed by atoms with E-state index >= 15 is 0 Å². The van der Waals surface area contributed by atoms with Crippen molar-refractivity contribution in [2.45, 2.75) is 25.6 Å². The van der Waals surface area contributed by atoms with E-state index in [4.69, 9.17) is 48.9 Å². The molecule has 7 nitrogen and oxygen atoms in total. The average molecular weight is 538 g/mol. The SMILES string of the molecule is CCOC(=O)C1=C(C)NC(SCc2nnc(-c3ccc(Cl)cc3)o2)=NC1c1ccc(Cl)cc1Cl. The molecular weight excluding hydrogens is 519 g/mol. The van der Waals surface area contributed by atoms with Crippen molar-refractivity contribution < 1.29 is 13.9 Å². The summed E-state index contributed by atoms with van der Waals surface area (Å²) >= 11 is 19.8. The van der Waals surface area contributed by atoms with E-state index in [1.807, 2.05) is 12.1 Å². The molecule has 2 aromatic carbocycles. The minimum atomic E-state index is -0.653. The number of rotatable bonds is 6. The van der Waals surface area contributed by atoms with E-state index in [9.17, 15) is 4.79 Å². The number of carbonyl (C=O) groups excluding carboxylic acids is 1. The molecule has 0 spiro atoms. The Kier molecular flexibility index (Phi) is 7.83. The molecule has 0 saturated carbocycles. The molecule has 176 valence electrons. The summed E-state index contributed by atoms with van der Waals surface area (Å²) in [5.74, 6) is 0.742. The molecule has 0 fully saturated rings. The fourth-order valence-corrected chi connectivity index (χ4v) is 4.71. The smallest absolute Gasteiger partial charge is 0.338 e. The Morgan fingerprint density at radius 3 is 2.56 bits per heavy atom. The number of nitrogens with one attached hydrogen (secondary N) is 1. The van der Waals surface area contributed by atoms with Crippen LogP contribution in [-0.4, -0.2) is 27.9 Å². The van der Waals surface area contributed by atoms with Crippen LogP contribution in [0.2, 0.25) is 15.1 Å². The first-order valence-electron chi connectivity index (χ1n) is 10.2. The van der Waals surface area contributed by atoms with Crippen LogP contribution in [0.15, 0.2) is 63.1 Å². The Bertz CT molecular complexity index is 1270. The van der Waals surface area contributed by atoms with E-state index in [1.54, 1.807) is 44.2 Å². The molecule has 1 N–H and O–H groups in total. The highest BCUT2D eigenvalue weighted by atomic mass is 35.5. The van der Waals surface area contributed by atoms with Crippen LogP contribution in [0, 0.1) is 0 Å². The normalized spacial score (nSPS) is 15.7. The second-order valence-electron chi connectivity index (χ2n) is 7.18. The van der Waals surface area contributed by atoms with Crippen LogP contribution in [0.1, 0.15) is 31.3 Å². The Labute approximate surface area is 215 Å². The predicted molar refractivity (Wildman–Crippen MR) is 135 cm³/mol. The van der Waals surface area contributed by atoms with Gasteiger partial charge in [-0.05, 0) is 50.2 Å². The number of aromatic nitrogens is 2. The molecule has 0 aliphatic carbocycles. The van der Waals surface area contributed by atoms with Crippen molar-refractivity contribution in [3.05, 3.63) is 80.3 Å². The molecule has 1 aliphatic rings. The number of carbonyl (C=O) groups is 1. The molecule has 34 heavy (non-hydrogen) atoms. The lowest BCUT2D eigenvalue weighted by Crippen LogP contribution is -2.30. The Hall–Kier alpha value is -2.52. The molecule has 11 heteroatoms. The highest BCUT2D eigenvalue weighted by molar-refractivity contribution is 8.13. The van der Waals surface area contributed by atoms with Crippen LogP contribution in [0.3, 0.4) is 0 Å². The van der Waals surface area contributed by atoms with Gasteiger partial charge in [-0.3, -0.25) is 0 Å². The van der Waals surface area contributed by atoms with Gasteiger partial charge in [-0.15, -0.1) is 10.2 Å². The molecule has 0 amide bonds. The largest absolute Gasteiger partial charge is 0.463 e. The molecule has 0 radical (unpaired) electrons. The third kappa shape index (κ3) is 5.58. The molecule has 4 rings (SSSR count). The van der Waals surface area contributed by atoms with Gasteiger partial charge >= 0.3 is 5.97 Å². The maximum atomic E-state index is 12.7. The second kappa shape index (κ2) is 10.8. The zero-order valence-corrected chi connectivity index (χ0v) is 21.2. The lowest BCUT2D eigenvalue weighted by Gasteiger charge is -2.26. The molecule has 1 aliphatic heterocycles. The van der Waals surface area contributed by atoms with Crippen molar-refractivity contribution in [1.29, 1.82) is 0 Å². The van der Waals surface area contributed by atoms with E-state index in [0.29, 0.717) is 54.6 Å². The topological polar surface area (TPSA) is 89.6 Å². The standard InChI is InChI=1S/C23H19Cl3N4O3S/c1-3-32-22(31)19-12(2)27-23(28-20(19)16-9-8-15(25)10-17(16)26)34-11-18-29-30-21(33-18)13-4-6-14(24)7-5-13/h4-10,20H,3,11H2,1-2H3,(H,27,28). The Morgan fingerprint density at radius 1 is 1.12 bits per heavy atom. The fraction of sp³-hybridized carbons (Fsp3) is 0.217. The third-order valence-electron chi connectivity index (χ3n) is 4.86. The van der Waals surface area contributed by atoms with Gasteiger partial charge in [-0.1, -0.05) is 52.6 Å². The number of aliphatic imine (C=N–C) groups is 1. The summed E-state index contributed by atoms with van der Waals surface area (Å²) in [5.41, 5.74) is 2.44. The van der Waals surface area contributed by atoms with Crippen LogP contribution in [0.5, 0.6) is 0 Å². The number of thioether (sulfide) groups is 1. The molecule has 0 bridgehead atoms. The first-order valence-corrected chi connectivity index (χ1v) is 12.4. The lowest BCUT2D eigenvalue weighted by molar-refractivity contribution is -0.138. The van der Waals surface area contributed by atoms with E-state index in [1.165, 1.54) is 11.8 Å². The molecule has 0 saturated heterocycles. The molecular formula is C23H19Cl3N4O3S. The number of benzene rings is 2. The van der Waals surface area contributed by atoms with E-state index < -0.39 is 12.0 Å². The highest BCUT2D eigenvalue weighted by Crippen LogP contribution is 2.37. The van der Waals surface area contributed by atoms with Gasteiger partial charge < -0.3 is 14.5 Å². The monoisotopic (exact) mass is 536 g/mol. The van der Waals surface area contributed by atoms with Crippen LogP contribution >= 0.6 is 46.6 Å². The third-order valence-corrected chi connectivity index (χ3v) is 6.55. The zero-order valence-electron chi connectivity index (χ0n) is 18.1. The molecule has 3 aromatic rings. The van der Waals surface area contributed by atoms with Gasteiger partial charge in [0.1, 0.15) is 6.04 Å². The van der Waals surface area contributed by atoms with E-state index in [-0.39, 0.29) is 6.61 Å². The van der Waals surface area contributed by atoms with Crippen molar-refractivity contribution in [3.63, 3.8) is 0 Å². The number of hydrogen-bond acceptors (Lipinski definition) is 8. The van der Waals surface area contributed by atoms with Crippen molar-refractivity contribution in [2.75, 3.05) is 6.61 Å². The van der Waals surface area contributed by atoms with Crippen LogP contribution < -0.4 is 5.32 Å². The Morgan fingerprint density at radius 2 is 1.85 bits per heavy atom. The number of allylic oxidation sites excluding steroid dienone is 1. The van der Waals surface area contributed by atoms with Crippen molar-refractivity contribution in [1.82, 2.24) is 15.5 Å².